The van der Waals surface area contributed by atoms with Crippen molar-refractivity contribution in [1.29, 1.82) is 0 Å². The minimum atomic E-state index is -2.84. The van der Waals surface area contributed by atoms with Crippen LogP contribution in [0.2, 0.25) is 0 Å². The summed E-state index contributed by atoms with van der Waals surface area (Å²) >= 11 is 0. The van der Waals surface area contributed by atoms with Gasteiger partial charge in [-0.25, -0.2) is 0 Å². The summed E-state index contributed by atoms with van der Waals surface area (Å²) in [7, 11) is 0. The molecule has 116 valence electrons. The van der Waals surface area contributed by atoms with Crippen LogP contribution < -0.4 is 15.8 Å². The van der Waals surface area contributed by atoms with Crippen molar-refractivity contribution >= 4 is 5.91 Å². The molecule has 3 N–H and O–H groups in total. The molecular formula is C15H20F2N2O2. The number of benzene rings is 1. The number of nitrogens with one attached hydrogen (secondary N) is 1. The van der Waals surface area contributed by atoms with Crippen LogP contribution in [0.5, 0.6) is 5.75 Å². The molecule has 0 heterocycles. The van der Waals surface area contributed by atoms with Crippen molar-refractivity contribution in [2.75, 3.05) is 6.54 Å². The summed E-state index contributed by atoms with van der Waals surface area (Å²) in [6, 6.07) is 6.09. The van der Waals surface area contributed by atoms with E-state index in [0.29, 0.717) is 6.54 Å². The summed E-state index contributed by atoms with van der Waals surface area (Å²) in [5.74, 6) is -0.00624. The Labute approximate surface area is 122 Å². The molecule has 1 amide bonds. The normalized spacial score (nSPS) is 17.0. The lowest BCUT2D eigenvalue weighted by molar-refractivity contribution is -0.122. The number of rotatable bonds is 6. The van der Waals surface area contributed by atoms with Crippen LogP contribution in [0.25, 0.3) is 0 Å². The van der Waals surface area contributed by atoms with Crippen LogP contribution in [0.1, 0.15) is 31.2 Å². The standard InChI is InChI=1S/C15H20F2N2O2/c16-14(17)21-12-5-3-11(4-6-12)9-13(20)19-15(10-18)7-1-2-8-15/h3-6,14H,1-2,7-10,18H2,(H,19,20). The molecule has 1 fully saturated rings. The van der Waals surface area contributed by atoms with Gasteiger partial charge in [0, 0.05) is 6.54 Å². The fourth-order valence-electron chi connectivity index (χ4n) is 2.75. The Morgan fingerprint density at radius 3 is 2.43 bits per heavy atom. The lowest BCUT2D eigenvalue weighted by Crippen LogP contribution is -2.52. The van der Waals surface area contributed by atoms with Crippen molar-refractivity contribution in [2.24, 2.45) is 5.73 Å². The SMILES string of the molecule is NCC1(NC(=O)Cc2ccc(OC(F)F)cc2)CCCC1. The van der Waals surface area contributed by atoms with Crippen molar-refractivity contribution in [3.8, 4) is 5.75 Å². The summed E-state index contributed by atoms with van der Waals surface area (Å²) in [5, 5.41) is 3.02. The molecule has 1 aromatic carbocycles. The molecule has 0 bridgehead atoms. The van der Waals surface area contributed by atoms with Gasteiger partial charge in [-0.15, -0.1) is 0 Å². The fourth-order valence-corrected chi connectivity index (χ4v) is 2.75. The lowest BCUT2D eigenvalue weighted by atomic mass is 9.97. The van der Waals surface area contributed by atoms with E-state index in [-0.39, 0.29) is 23.6 Å². The minimum absolute atomic E-state index is 0.0865. The Kier molecular flexibility index (Phi) is 5.12. The first-order valence-electron chi connectivity index (χ1n) is 7.08. The smallest absolute Gasteiger partial charge is 0.387 e. The van der Waals surface area contributed by atoms with Gasteiger partial charge in [-0.2, -0.15) is 8.78 Å². The van der Waals surface area contributed by atoms with Gasteiger partial charge in [-0.05, 0) is 30.5 Å². The molecule has 6 heteroatoms. The zero-order valence-corrected chi connectivity index (χ0v) is 11.8. The number of carbonyl (C=O) groups excluding carboxylic acids is 1. The zero-order valence-electron chi connectivity index (χ0n) is 11.8. The maximum atomic E-state index is 12.1. The van der Waals surface area contributed by atoms with Crippen LogP contribution >= 0.6 is 0 Å². The fraction of sp³-hybridized carbons (Fsp3) is 0.533. The average Bonchev–Trinajstić information content (AvgIpc) is 2.89. The van der Waals surface area contributed by atoms with Crippen LogP contribution in [0, 0.1) is 0 Å². The summed E-state index contributed by atoms with van der Waals surface area (Å²) in [6.07, 6.45) is 4.19. The van der Waals surface area contributed by atoms with Gasteiger partial charge in [0.2, 0.25) is 5.91 Å². The van der Waals surface area contributed by atoms with Gasteiger partial charge in [-0.3, -0.25) is 4.79 Å². The third-order valence-corrected chi connectivity index (χ3v) is 3.87. The minimum Gasteiger partial charge on any atom is -0.435 e. The lowest BCUT2D eigenvalue weighted by Gasteiger charge is -2.28. The van der Waals surface area contributed by atoms with Crippen LogP contribution in [0.4, 0.5) is 8.78 Å². The Morgan fingerprint density at radius 1 is 1.29 bits per heavy atom. The molecule has 1 aliphatic rings. The Bertz CT molecular complexity index is 471. The van der Waals surface area contributed by atoms with Gasteiger partial charge < -0.3 is 15.8 Å². The molecule has 0 aromatic heterocycles. The van der Waals surface area contributed by atoms with E-state index in [4.69, 9.17) is 5.73 Å². The molecule has 0 unspecified atom stereocenters. The van der Waals surface area contributed by atoms with Crippen LogP contribution in [-0.4, -0.2) is 24.6 Å². The van der Waals surface area contributed by atoms with Crippen molar-refractivity contribution < 1.29 is 18.3 Å². The maximum absolute atomic E-state index is 12.1. The highest BCUT2D eigenvalue weighted by Crippen LogP contribution is 2.28. The highest BCUT2D eigenvalue weighted by molar-refractivity contribution is 5.79. The van der Waals surface area contributed by atoms with Crippen LogP contribution in [-0.2, 0) is 11.2 Å². The van der Waals surface area contributed by atoms with Gasteiger partial charge in [0.15, 0.2) is 0 Å². The third-order valence-electron chi connectivity index (χ3n) is 3.87. The molecule has 1 aromatic rings. The first kappa shape index (κ1) is 15.7. The van der Waals surface area contributed by atoms with Crippen molar-refractivity contribution in [2.45, 2.75) is 44.3 Å². The largest absolute Gasteiger partial charge is 0.435 e. The quantitative estimate of drug-likeness (QED) is 0.846. The highest BCUT2D eigenvalue weighted by atomic mass is 19.3. The Morgan fingerprint density at radius 2 is 1.90 bits per heavy atom. The average molecular weight is 298 g/mol. The number of alkyl halides is 2. The van der Waals surface area contributed by atoms with E-state index in [1.807, 2.05) is 0 Å². The van der Waals surface area contributed by atoms with Crippen molar-refractivity contribution in [3.63, 3.8) is 0 Å². The van der Waals surface area contributed by atoms with Crippen LogP contribution in [0.15, 0.2) is 24.3 Å². The van der Waals surface area contributed by atoms with E-state index >= 15 is 0 Å². The molecule has 0 spiro atoms. The van der Waals surface area contributed by atoms with E-state index in [1.165, 1.54) is 12.1 Å². The molecule has 0 aliphatic heterocycles. The van der Waals surface area contributed by atoms with E-state index in [0.717, 1.165) is 31.2 Å². The number of hydrogen-bond acceptors (Lipinski definition) is 3. The zero-order chi connectivity index (χ0) is 15.3. The Hall–Kier alpha value is -1.69. The van der Waals surface area contributed by atoms with Gasteiger partial charge in [0.25, 0.3) is 0 Å². The van der Waals surface area contributed by atoms with E-state index in [2.05, 4.69) is 10.1 Å². The molecule has 0 radical (unpaired) electrons. The first-order valence-corrected chi connectivity index (χ1v) is 7.08. The van der Waals surface area contributed by atoms with Crippen molar-refractivity contribution in [1.82, 2.24) is 5.32 Å². The number of hydrogen-bond donors (Lipinski definition) is 2. The van der Waals surface area contributed by atoms with Gasteiger partial charge in [-0.1, -0.05) is 25.0 Å². The van der Waals surface area contributed by atoms with Gasteiger partial charge in [0.05, 0.1) is 12.0 Å². The molecule has 21 heavy (non-hydrogen) atoms. The summed E-state index contributed by atoms with van der Waals surface area (Å²) in [5.41, 5.74) is 6.26. The molecular weight excluding hydrogens is 278 g/mol. The van der Waals surface area contributed by atoms with Gasteiger partial charge >= 0.3 is 6.61 Å². The second-order valence-corrected chi connectivity index (χ2v) is 5.44. The summed E-state index contributed by atoms with van der Waals surface area (Å²) in [6.45, 7) is -2.40. The number of nitrogens with two attached hydrogens (primary N) is 1. The number of amides is 1. The van der Waals surface area contributed by atoms with E-state index in [9.17, 15) is 13.6 Å². The molecule has 4 nitrogen and oxygen atoms in total. The summed E-state index contributed by atoms with van der Waals surface area (Å²) < 4.78 is 28.3. The summed E-state index contributed by atoms with van der Waals surface area (Å²) in [4.78, 5) is 12.1. The van der Waals surface area contributed by atoms with Gasteiger partial charge in [0.1, 0.15) is 5.75 Å². The molecule has 2 rings (SSSR count). The van der Waals surface area contributed by atoms with E-state index in [1.54, 1.807) is 12.1 Å². The second kappa shape index (κ2) is 6.85. The molecule has 1 aliphatic carbocycles. The number of ether oxygens (including phenoxy) is 1. The predicted octanol–water partition coefficient (Wildman–Crippen LogP) is 2.22. The Balaban J connectivity index is 1.90. The molecule has 1 saturated carbocycles. The first-order chi connectivity index (χ1) is 10.0. The molecule has 0 atom stereocenters. The predicted molar refractivity (Wildman–Crippen MR) is 75.2 cm³/mol. The second-order valence-electron chi connectivity index (χ2n) is 5.44. The third kappa shape index (κ3) is 4.39. The van der Waals surface area contributed by atoms with E-state index < -0.39 is 6.61 Å². The maximum Gasteiger partial charge on any atom is 0.387 e. The highest BCUT2D eigenvalue weighted by Gasteiger charge is 2.33. The molecule has 0 saturated heterocycles. The number of carbonyl (C=O) groups is 1. The number of halogens is 2. The van der Waals surface area contributed by atoms with Crippen LogP contribution in [0.3, 0.4) is 0 Å². The van der Waals surface area contributed by atoms with Crippen molar-refractivity contribution in [3.05, 3.63) is 29.8 Å². The monoisotopic (exact) mass is 298 g/mol. The topological polar surface area (TPSA) is 64.3 Å².